The van der Waals surface area contributed by atoms with Gasteiger partial charge in [0, 0.05) is 16.6 Å². The molecule has 3 nitrogen and oxygen atoms in total. The topological polar surface area (TPSA) is 49.3 Å². The van der Waals surface area contributed by atoms with Crippen LogP contribution in [-0.2, 0) is 0 Å². The molecule has 1 heterocycles. The van der Waals surface area contributed by atoms with Crippen LogP contribution in [0, 0.1) is 0 Å². The van der Waals surface area contributed by atoms with E-state index >= 15 is 0 Å². The van der Waals surface area contributed by atoms with Crippen molar-refractivity contribution in [3.8, 4) is 0 Å². The normalized spacial score (nSPS) is 12.2. The fraction of sp³-hybridized carbons (Fsp3) is 0.154. The molecule has 0 saturated carbocycles. The molecule has 0 aliphatic carbocycles. The van der Waals surface area contributed by atoms with Gasteiger partial charge >= 0.3 is 0 Å². The maximum Gasteiger partial charge on any atom is 0.261 e. The van der Waals surface area contributed by atoms with E-state index in [0.717, 1.165) is 0 Å². The van der Waals surface area contributed by atoms with Crippen LogP contribution in [0.1, 0.15) is 21.3 Å². The molecule has 0 aliphatic rings. The van der Waals surface area contributed by atoms with Crippen molar-refractivity contribution in [1.82, 2.24) is 5.32 Å². The molecular weight excluding hydrogens is 305 g/mol. The summed E-state index contributed by atoms with van der Waals surface area (Å²) in [7, 11) is 0. The summed E-state index contributed by atoms with van der Waals surface area (Å²) in [6.45, 7) is 0.105. The standard InChI is InChI=1S/C13H11Cl2NO2S/c14-9-4-8(5-10(15)6-9)11(17)7-16-13(18)12-2-1-3-19-12/h1-6,11,17H,7H2,(H,16,18). The van der Waals surface area contributed by atoms with Gasteiger partial charge < -0.3 is 10.4 Å². The predicted octanol–water partition coefficient (Wildman–Crippen LogP) is 3.52. The van der Waals surface area contributed by atoms with E-state index < -0.39 is 6.10 Å². The fourth-order valence-corrected chi connectivity index (χ4v) is 2.75. The van der Waals surface area contributed by atoms with Crippen molar-refractivity contribution < 1.29 is 9.90 Å². The van der Waals surface area contributed by atoms with Crippen LogP contribution in [-0.4, -0.2) is 17.6 Å². The summed E-state index contributed by atoms with van der Waals surface area (Å²) in [5, 5.41) is 15.4. The third kappa shape index (κ3) is 3.94. The van der Waals surface area contributed by atoms with Gasteiger partial charge in [-0.05, 0) is 35.2 Å². The zero-order valence-electron chi connectivity index (χ0n) is 9.77. The Hall–Kier alpha value is -1.07. The number of hydrogen-bond donors (Lipinski definition) is 2. The lowest BCUT2D eigenvalue weighted by Crippen LogP contribution is -2.27. The maximum atomic E-state index is 11.7. The third-order valence-corrected chi connectivity index (χ3v) is 3.78. The second-order valence-corrected chi connectivity index (χ2v) is 5.73. The molecule has 2 N–H and O–H groups in total. The van der Waals surface area contributed by atoms with Gasteiger partial charge in [-0.2, -0.15) is 0 Å². The fourth-order valence-electron chi connectivity index (χ4n) is 1.57. The maximum absolute atomic E-state index is 11.7. The van der Waals surface area contributed by atoms with E-state index in [1.807, 2.05) is 5.38 Å². The molecule has 2 rings (SSSR count). The number of hydrogen-bond acceptors (Lipinski definition) is 3. The van der Waals surface area contributed by atoms with Gasteiger partial charge in [0.25, 0.3) is 5.91 Å². The Morgan fingerprint density at radius 3 is 2.58 bits per heavy atom. The van der Waals surface area contributed by atoms with Gasteiger partial charge in [-0.15, -0.1) is 11.3 Å². The summed E-state index contributed by atoms with van der Waals surface area (Å²) in [6.07, 6.45) is -0.847. The molecule has 1 atom stereocenters. The number of rotatable bonds is 4. The first-order chi connectivity index (χ1) is 9.06. The molecule has 0 aliphatic heterocycles. The Morgan fingerprint density at radius 1 is 1.32 bits per heavy atom. The average Bonchev–Trinajstić information content (AvgIpc) is 2.88. The summed E-state index contributed by atoms with van der Waals surface area (Å²) in [4.78, 5) is 12.3. The Labute approximate surface area is 124 Å². The molecule has 1 amide bonds. The number of carbonyl (C=O) groups excluding carboxylic acids is 1. The monoisotopic (exact) mass is 315 g/mol. The van der Waals surface area contributed by atoms with Crippen molar-refractivity contribution in [2.75, 3.05) is 6.54 Å². The van der Waals surface area contributed by atoms with Gasteiger partial charge in [0.2, 0.25) is 0 Å². The number of benzene rings is 1. The van der Waals surface area contributed by atoms with E-state index in [2.05, 4.69) is 5.32 Å². The van der Waals surface area contributed by atoms with Gasteiger partial charge in [0.1, 0.15) is 0 Å². The number of amides is 1. The van der Waals surface area contributed by atoms with Crippen molar-refractivity contribution in [2.24, 2.45) is 0 Å². The molecule has 1 aromatic heterocycles. The van der Waals surface area contributed by atoms with Crippen molar-refractivity contribution >= 4 is 40.4 Å². The number of aliphatic hydroxyl groups is 1. The molecule has 0 fully saturated rings. The number of carbonyl (C=O) groups is 1. The van der Waals surface area contributed by atoms with Crippen LogP contribution < -0.4 is 5.32 Å². The Bertz CT molecular complexity index is 552. The quantitative estimate of drug-likeness (QED) is 0.907. The van der Waals surface area contributed by atoms with E-state index in [4.69, 9.17) is 23.2 Å². The summed E-state index contributed by atoms with van der Waals surface area (Å²) in [5.74, 6) is -0.206. The van der Waals surface area contributed by atoms with Crippen molar-refractivity contribution in [1.29, 1.82) is 0 Å². The van der Waals surface area contributed by atoms with E-state index in [-0.39, 0.29) is 12.5 Å². The van der Waals surface area contributed by atoms with Crippen LogP contribution in [0.3, 0.4) is 0 Å². The first kappa shape index (κ1) is 14.3. The second kappa shape index (κ2) is 6.39. The highest BCUT2D eigenvalue weighted by Gasteiger charge is 2.12. The molecule has 0 bridgehead atoms. The summed E-state index contributed by atoms with van der Waals surface area (Å²) in [5.41, 5.74) is 0.573. The smallest absolute Gasteiger partial charge is 0.261 e. The molecule has 0 saturated heterocycles. The largest absolute Gasteiger partial charge is 0.387 e. The highest BCUT2D eigenvalue weighted by atomic mass is 35.5. The SMILES string of the molecule is O=C(NCC(O)c1cc(Cl)cc(Cl)c1)c1cccs1. The van der Waals surface area contributed by atoms with Gasteiger partial charge in [-0.25, -0.2) is 0 Å². The van der Waals surface area contributed by atoms with Gasteiger partial charge in [0.05, 0.1) is 11.0 Å². The minimum Gasteiger partial charge on any atom is -0.387 e. The molecule has 1 aromatic carbocycles. The van der Waals surface area contributed by atoms with E-state index in [1.165, 1.54) is 11.3 Å². The highest BCUT2D eigenvalue weighted by molar-refractivity contribution is 7.12. The Morgan fingerprint density at radius 2 is 2.00 bits per heavy atom. The van der Waals surface area contributed by atoms with Gasteiger partial charge in [-0.3, -0.25) is 4.79 Å². The van der Waals surface area contributed by atoms with E-state index in [1.54, 1.807) is 30.3 Å². The second-order valence-electron chi connectivity index (χ2n) is 3.91. The first-order valence-corrected chi connectivity index (χ1v) is 7.15. The molecule has 19 heavy (non-hydrogen) atoms. The van der Waals surface area contributed by atoms with Crippen molar-refractivity contribution in [3.05, 3.63) is 56.2 Å². The van der Waals surface area contributed by atoms with E-state index in [9.17, 15) is 9.90 Å². The lowest BCUT2D eigenvalue weighted by molar-refractivity contribution is 0.0920. The lowest BCUT2D eigenvalue weighted by Gasteiger charge is -2.12. The van der Waals surface area contributed by atoms with Crippen LogP contribution in [0.4, 0.5) is 0 Å². The Balaban J connectivity index is 1.97. The summed E-state index contributed by atoms with van der Waals surface area (Å²) < 4.78 is 0. The van der Waals surface area contributed by atoms with Gasteiger partial charge in [-0.1, -0.05) is 29.3 Å². The lowest BCUT2D eigenvalue weighted by atomic mass is 10.1. The molecule has 0 radical (unpaired) electrons. The molecule has 2 aromatic rings. The molecule has 1 unspecified atom stereocenters. The minimum absolute atomic E-state index is 0.105. The van der Waals surface area contributed by atoms with Crippen LogP contribution in [0.25, 0.3) is 0 Å². The van der Waals surface area contributed by atoms with Crippen LogP contribution in [0.5, 0.6) is 0 Å². The van der Waals surface area contributed by atoms with Crippen LogP contribution in [0.15, 0.2) is 35.7 Å². The molecular formula is C13H11Cl2NO2S. The highest BCUT2D eigenvalue weighted by Crippen LogP contribution is 2.23. The number of nitrogens with one attached hydrogen (secondary N) is 1. The predicted molar refractivity (Wildman–Crippen MR) is 78.1 cm³/mol. The zero-order valence-corrected chi connectivity index (χ0v) is 12.1. The molecule has 0 spiro atoms. The zero-order chi connectivity index (χ0) is 13.8. The molecule has 6 heteroatoms. The average molecular weight is 316 g/mol. The van der Waals surface area contributed by atoms with Crippen molar-refractivity contribution in [2.45, 2.75) is 6.10 Å². The minimum atomic E-state index is -0.847. The summed E-state index contributed by atoms with van der Waals surface area (Å²) >= 11 is 13.1. The van der Waals surface area contributed by atoms with Crippen LogP contribution >= 0.6 is 34.5 Å². The number of thiophene rings is 1. The first-order valence-electron chi connectivity index (χ1n) is 5.52. The third-order valence-electron chi connectivity index (χ3n) is 2.47. The van der Waals surface area contributed by atoms with E-state index in [0.29, 0.717) is 20.5 Å². The molecule has 100 valence electrons. The Kier molecular flexibility index (Phi) is 4.82. The van der Waals surface area contributed by atoms with Crippen molar-refractivity contribution in [3.63, 3.8) is 0 Å². The summed E-state index contributed by atoms with van der Waals surface area (Å²) in [6, 6.07) is 8.35. The van der Waals surface area contributed by atoms with Crippen LogP contribution in [0.2, 0.25) is 10.0 Å². The van der Waals surface area contributed by atoms with Gasteiger partial charge in [0.15, 0.2) is 0 Å². The number of halogens is 2. The number of aliphatic hydroxyl groups excluding tert-OH is 1.